The van der Waals surface area contributed by atoms with Gasteiger partial charge >= 0.3 is 0 Å². The Morgan fingerprint density at radius 3 is 2.03 bits per heavy atom. The van der Waals surface area contributed by atoms with Crippen LogP contribution in [0.1, 0.15) is 17.2 Å². The van der Waals surface area contributed by atoms with Gasteiger partial charge in [0.15, 0.2) is 0 Å². The van der Waals surface area contributed by atoms with Crippen molar-refractivity contribution in [2.24, 2.45) is 0 Å². The summed E-state index contributed by atoms with van der Waals surface area (Å²) in [6, 6.07) is 28.7. The van der Waals surface area contributed by atoms with Gasteiger partial charge in [0.05, 0.1) is 18.8 Å². The highest BCUT2D eigenvalue weighted by Gasteiger charge is 2.31. The smallest absolute Gasteiger partial charge is 0.274 e. The third-order valence-electron chi connectivity index (χ3n) is 5.25. The summed E-state index contributed by atoms with van der Waals surface area (Å²) >= 11 is 1.10. The lowest BCUT2D eigenvalue weighted by Gasteiger charge is -2.26. The van der Waals surface area contributed by atoms with E-state index in [-0.39, 0.29) is 4.21 Å². The minimum Gasteiger partial charge on any atom is -0.495 e. The number of methoxy groups -OCH3 is 1. The van der Waals surface area contributed by atoms with E-state index in [2.05, 4.69) is 5.32 Å². The second-order valence-corrected chi connectivity index (χ2v) is 10.5. The monoisotopic (exact) mass is 492 g/mol. The van der Waals surface area contributed by atoms with Crippen LogP contribution in [0.4, 0.5) is 5.69 Å². The van der Waals surface area contributed by atoms with E-state index >= 15 is 0 Å². The first-order valence-corrected chi connectivity index (χ1v) is 12.9. The van der Waals surface area contributed by atoms with Gasteiger partial charge in [-0.1, -0.05) is 78.9 Å². The Kier molecular flexibility index (Phi) is 7.30. The third-order valence-corrected chi connectivity index (χ3v) is 8.38. The van der Waals surface area contributed by atoms with E-state index in [1.807, 2.05) is 60.7 Å². The van der Waals surface area contributed by atoms with Crippen molar-refractivity contribution in [1.29, 1.82) is 0 Å². The fourth-order valence-corrected chi connectivity index (χ4v) is 6.18. The number of amides is 1. The van der Waals surface area contributed by atoms with Crippen molar-refractivity contribution in [3.05, 3.63) is 114 Å². The molecule has 1 aromatic heterocycles. The van der Waals surface area contributed by atoms with Gasteiger partial charge in [0.2, 0.25) is 5.91 Å². The van der Waals surface area contributed by atoms with Gasteiger partial charge in [-0.15, -0.1) is 11.3 Å². The second-order valence-electron chi connectivity index (χ2n) is 7.44. The summed E-state index contributed by atoms with van der Waals surface area (Å²) in [5, 5.41) is 4.71. The summed E-state index contributed by atoms with van der Waals surface area (Å²) in [6.45, 7) is -0.406. The molecule has 6 nitrogen and oxygen atoms in total. The molecule has 0 radical (unpaired) electrons. The highest BCUT2D eigenvalue weighted by Crippen LogP contribution is 2.33. The molecule has 3 aromatic carbocycles. The largest absolute Gasteiger partial charge is 0.495 e. The van der Waals surface area contributed by atoms with Gasteiger partial charge in [0.25, 0.3) is 10.0 Å². The van der Waals surface area contributed by atoms with E-state index in [0.29, 0.717) is 11.4 Å². The predicted molar refractivity (Wildman–Crippen MR) is 135 cm³/mol. The van der Waals surface area contributed by atoms with Crippen molar-refractivity contribution in [3.63, 3.8) is 0 Å². The number of nitrogens with zero attached hydrogens (tertiary/aromatic N) is 1. The molecule has 0 spiro atoms. The maximum absolute atomic E-state index is 13.5. The Balaban J connectivity index is 1.69. The van der Waals surface area contributed by atoms with Crippen molar-refractivity contribution in [2.45, 2.75) is 10.3 Å². The fourth-order valence-electron chi connectivity index (χ4n) is 3.64. The number of hydrogen-bond acceptors (Lipinski definition) is 5. The molecule has 4 rings (SSSR count). The Morgan fingerprint density at radius 1 is 0.882 bits per heavy atom. The van der Waals surface area contributed by atoms with Crippen LogP contribution in [0.3, 0.4) is 0 Å². The zero-order valence-corrected chi connectivity index (χ0v) is 20.1. The maximum Gasteiger partial charge on any atom is 0.274 e. The molecule has 0 aliphatic carbocycles. The first-order chi connectivity index (χ1) is 16.5. The van der Waals surface area contributed by atoms with E-state index < -0.39 is 28.5 Å². The molecule has 4 aromatic rings. The molecule has 1 heterocycles. The van der Waals surface area contributed by atoms with E-state index in [1.54, 1.807) is 35.7 Å². The Hall–Kier alpha value is -3.62. The van der Waals surface area contributed by atoms with Crippen molar-refractivity contribution in [2.75, 3.05) is 18.0 Å². The number of hydrogen-bond donors (Lipinski definition) is 1. The SMILES string of the molecule is COc1ccccc1N(CC(=O)NC(c1ccccc1)c1ccccc1)S(=O)(=O)c1cccs1. The molecule has 0 saturated carbocycles. The van der Waals surface area contributed by atoms with E-state index in [0.717, 1.165) is 26.8 Å². The lowest BCUT2D eigenvalue weighted by Crippen LogP contribution is -2.42. The third kappa shape index (κ3) is 5.13. The molecule has 0 saturated heterocycles. The molecule has 1 N–H and O–H groups in total. The molecule has 8 heteroatoms. The number of sulfonamides is 1. The normalized spacial score (nSPS) is 11.2. The zero-order chi connectivity index (χ0) is 24.0. The minimum absolute atomic E-state index is 0.147. The highest BCUT2D eigenvalue weighted by molar-refractivity contribution is 7.94. The molecule has 1 amide bonds. The van der Waals surface area contributed by atoms with Gasteiger partial charge in [-0.05, 0) is 34.7 Å². The number of rotatable bonds is 9. The van der Waals surface area contributed by atoms with Crippen LogP contribution in [-0.2, 0) is 14.8 Å². The first-order valence-electron chi connectivity index (χ1n) is 10.6. The summed E-state index contributed by atoms with van der Waals surface area (Å²) in [4.78, 5) is 13.3. The summed E-state index contributed by atoms with van der Waals surface area (Å²) in [7, 11) is -2.52. The van der Waals surface area contributed by atoms with E-state index in [4.69, 9.17) is 4.74 Å². The number of thiophene rings is 1. The van der Waals surface area contributed by atoms with Crippen LogP contribution in [0.15, 0.2) is 107 Å². The van der Waals surface area contributed by atoms with Crippen LogP contribution in [0.2, 0.25) is 0 Å². The standard InChI is InChI=1S/C26H24N2O4S2/c1-32-23-16-9-8-15-22(23)28(34(30,31)25-17-10-18-33-25)19-24(29)27-26(20-11-4-2-5-12-20)21-13-6-3-7-14-21/h2-18,26H,19H2,1H3,(H,27,29). The number of benzene rings is 3. The molecule has 0 unspecified atom stereocenters. The molecule has 0 aliphatic heterocycles. The summed E-state index contributed by atoms with van der Waals surface area (Å²) in [5.74, 6) is -0.0816. The Bertz CT molecular complexity index is 1290. The van der Waals surface area contributed by atoms with Gasteiger partial charge < -0.3 is 10.1 Å². The highest BCUT2D eigenvalue weighted by atomic mass is 32.2. The topological polar surface area (TPSA) is 75.7 Å². The number of anilines is 1. The van der Waals surface area contributed by atoms with Crippen molar-refractivity contribution >= 4 is 33.0 Å². The first kappa shape index (κ1) is 23.5. The minimum atomic E-state index is -3.99. The summed E-state index contributed by atoms with van der Waals surface area (Å²) in [6.07, 6.45) is 0. The fraction of sp³-hybridized carbons (Fsp3) is 0.115. The van der Waals surface area contributed by atoms with Gasteiger partial charge in [0.1, 0.15) is 16.5 Å². The number of ether oxygens (including phenoxy) is 1. The molecule has 0 aliphatic rings. The number of carbonyl (C=O) groups is 1. The number of para-hydroxylation sites is 2. The number of carbonyl (C=O) groups excluding carboxylic acids is 1. The molecular weight excluding hydrogens is 468 g/mol. The molecule has 0 bridgehead atoms. The summed E-state index contributed by atoms with van der Waals surface area (Å²) < 4.78 is 33.7. The van der Waals surface area contributed by atoms with Crippen LogP contribution in [-0.4, -0.2) is 28.0 Å². The van der Waals surface area contributed by atoms with Crippen molar-refractivity contribution in [3.8, 4) is 5.75 Å². The van der Waals surface area contributed by atoms with Crippen LogP contribution in [0, 0.1) is 0 Å². The van der Waals surface area contributed by atoms with E-state index in [1.165, 1.54) is 13.2 Å². The quantitative estimate of drug-likeness (QED) is 0.362. The van der Waals surface area contributed by atoms with Gasteiger partial charge in [0, 0.05) is 0 Å². The van der Waals surface area contributed by atoms with Gasteiger partial charge in [-0.25, -0.2) is 8.42 Å². The van der Waals surface area contributed by atoms with Gasteiger partial charge in [-0.3, -0.25) is 9.10 Å². The Labute approximate surface area is 203 Å². The van der Waals surface area contributed by atoms with Crippen LogP contribution >= 0.6 is 11.3 Å². The lowest BCUT2D eigenvalue weighted by molar-refractivity contribution is -0.120. The maximum atomic E-state index is 13.5. The molecular formula is C26H24N2O4S2. The molecule has 0 atom stereocenters. The van der Waals surface area contributed by atoms with E-state index in [9.17, 15) is 13.2 Å². The summed E-state index contributed by atoms with van der Waals surface area (Å²) in [5.41, 5.74) is 2.09. The Morgan fingerprint density at radius 2 is 1.47 bits per heavy atom. The zero-order valence-electron chi connectivity index (χ0n) is 18.5. The lowest BCUT2D eigenvalue weighted by atomic mass is 9.99. The molecule has 0 fully saturated rings. The average Bonchev–Trinajstić information content (AvgIpc) is 3.43. The predicted octanol–water partition coefficient (Wildman–Crippen LogP) is 4.86. The number of nitrogens with one attached hydrogen (secondary N) is 1. The second kappa shape index (κ2) is 10.5. The van der Waals surface area contributed by atoms with Crippen molar-refractivity contribution in [1.82, 2.24) is 5.32 Å². The average molecular weight is 493 g/mol. The van der Waals surface area contributed by atoms with Gasteiger partial charge in [-0.2, -0.15) is 0 Å². The van der Waals surface area contributed by atoms with Crippen LogP contribution in [0.25, 0.3) is 0 Å². The van der Waals surface area contributed by atoms with Crippen LogP contribution < -0.4 is 14.4 Å². The van der Waals surface area contributed by atoms with Crippen molar-refractivity contribution < 1.29 is 17.9 Å². The molecule has 34 heavy (non-hydrogen) atoms. The molecule has 174 valence electrons. The van der Waals surface area contributed by atoms with Crippen LogP contribution in [0.5, 0.6) is 5.75 Å².